The van der Waals surface area contributed by atoms with Crippen molar-refractivity contribution in [2.45, 2.75) is 137 Å². The number of rotatable bonds is 17. The fraction of sp³-hybridized carbons (Fsp3) is 1.00. The third-order valence-corrected chi connectivity index (χ3v) is 5.34. The second-order valence-electron chi connectivity index (χ2n) is 9.09. The van der Waals surface area contributed by atoms with E-state index in [9.17, 15) is 0 Å². The maximum Gasteiger partial charge on any atom is -0.0354 e. The molecule has 0 bridgehead atoms. The maximum absolute atomic E-state index is 2.48. The van der Waals surface area contributed by atoms with Gasteiger partial charge in [-0.3, -0.25) is 0 Å². The van der Waals surface area contributed by atoms with E-state index in [1.165, 1.54) is 103 Å². The predicted molar refractivity (Wildman–Crippen MR) is 108 cm³/mol. The molecule has 0 heterocycles. The van der Waals surface area contributed by atoms with Crippen molar-refractivity contribution in [3.8, 4) is 0 Å². The summed E-state index contributed by atoms with van der Waals surface area (Å²) in [6.45, 7) is 12.0. The normalized spacial score (nSPS) is 12.3. The molecule has 23 heavy (non-hydrogen) atoms. The van der Waals surface area contributed by atoms with E-state index < -0.39 is 0 Å². The Morgan fingerprint density at radius 2 is 0.957 bits per heavy atom. The lowest BCUT2D eigenvalue weighted by Crippen LogP contribution is -2.11. The lowest BCUT2D eigenvalue weighted by Gasteiger charge is -2.24. The molecule has 0 unspecified atom stereocenters. The molecule has 0 aromatic rings. The Bertz CT molecular complexity index is 226. The van der Waals surface area contributed by atoms with E-state index in [1.807, 2.05) is 0 Å². The van der Waals surface area contributed by atoms with Crippen LogP contribution in [0.25, 0.3) is 0 Å². The van der Waals surface area contributed by atoms with Gasteiger partial charge in [-0.2, -0.15) is 0 Å². The maximum atomic E-state index is 2.48. The number of hydrogen-bond acceptors (Lipinski definition) is 0. The van der Waals surface area contributed by atoms with Gasteiger partial charge in [0.15, 0.2) is 0 Å². The second kappa shape index (κ2) is 15.5. The summed E-state index contributed by atoms with van der Waals surface area (Å²) in [6, 6.07) is 0. The second-order valence-corrected chi connectivity index (χ2v) is 9.09. The molecular weight excluding hydrogens is 276 g/mol. The first kappa shape index (κ1) is 23.0. The van der Waals surface area contributed by atoms with Crippen molar-refractivity contribution in [3.63, 3.8) is 0 Å². The molecule has 0 fully saturated rings. The van der Waals surface area contributed by atoms with Gasteiger partial charge in [0.25, 0.3) is 0 Å². The lowest BCUT2D eigenvalue weighted by atomic mass is 9.81. The third kappa shape index (κ3) is 18.2. The molecule has 0 radical (unpaired) electrons. The van der Waals surface area contributed by atoms with Crippen molar-refractivity contribution < 1.29 is 0 Å². The van der Waals surface area contributed by atoms with E-state index in [2.05, 4.69) is 34.6 Å². The van der Waals surface area contributed by atoms with Crippen LogP contribution < -0.4 is 0 Å². The van der Waals surface area contributed by atoms with Gasteiger partial charge in [0, 0.05) is 0 Å². The summed E-state index contributed by atoms with van der Waals surface area (Å²) in [4.78, 5) is 0. The van der Waals surface area contributed by atoms with Crippen LogP contribution in [-0.4, -0.2) is 0 Å². The van der Waals surface area contributed by atoms with E-state index in [1.54, 1.807) is 0 Å². The monoisotopic (exact) mass is 324 g/mol. The number of hydrogen-bond donors (Lipinski definition) is 0. The van der Waals surface area contributed by atoms with Crippen molar-refractivity contribution in [2.75, 3.05) is 0 Å². The predicted octanol–water partition coefficient (Wildman–Crippen LogP) is 8.93. The Hall–Kier alpha value is 0. The van der Waals surface area contributed by atoms with Crippen LogP contribution in [0.2, 0.25) is 0 Å². The molecule has 0 aromatic heterocycles. The van der Waals surface area contributed by atoms with Crippen molar-refractivity contribution in [1.82, 2.24) is 0 Å². The Balaban J connectivity index is 3.32. The molecule has 0 aliphatic heterocycles. The molecule has 0 N–H and O–H groups in total. The fourth-order valence-electron chi connectivity index (χ4n) is 3.55. The van der Waals surface area contributed by atoms with Crippen LogP contribution in [0.15, 0.2) is 0 Å². The van der Waals surface area contributed by atoms with E-state index in [-0.39, 0.29) is 0 Å². The molecule has 0 saturated heterocycles. The van der Waals surface area contributed by atoms with Gasteiger partial charge in [-0.05, 0) is 24.2 Å². The molecule has 0 atom stereocenters. The molecule has 0 rings (SSSR count). The summed E-state index contributed by atoms with van der Waals surface area (Å²) in [6.07, 6.45) is 23.2. The molecule has 0 spiro atoms. The summed E-state index contributed by atoms with van der Waals surface area (Å²) in [7, 11) is 0. The Morgan fingerprint density at radius 3 is 1.39 bits per heavy atom. The first-order valence-corrected chi connectivity index (χ1v) is 11.0. The van der Waals surface area contributed by atoms with Crippen LogP contribution in [0.5, 0.6) is 0 Å². The van der Waals surface area contributed by atoms with E-state index in [0.29, 0.717) is 5.41 Å². The van der Waals surface area contributed by atoms with E-state index in [0.717, 1.165) is 5.92 Å². The summed E-state index contributed by atoms with van der Waals surface area (Å²) in [5.74, 6) is 0.879. The van der Waals surface area contributed by atoms with Crippen LogP contribution in [-0.2, 0) is 0 Å². The first-order chi connectivity index (χ1) is 11.0. The van der Waals surface area contributed by atoms with E-state index >= 15 is 0 Å². The summed E-state index contributed by atoms with van der Waals surface area (Å²) in [5, 5.41) is 0. The van der Waals surface area contributed by atoms with Gasteiger partial charge in [-0.15, -0.1) is 0 Å². The highest BCUT2D eigenvalue weighted by molar-refractivity contribution is 4.69. The van der Waals surface area contributed by atoms with Gasteiger partial charge in [0.1, 0.15) is 0 Å². The van der Waals surface area contributed by atoms with Gasteiger partial charge in [-0.1, -0.05) is 125 Å². The molecule has 0 aliphatic rings. The summed E-state index contributed by atoms with van der Waals surface area (Å²) in [5.41, 5.74) is 0.580. The van der Waals surface area contributed by atoms with Gasteiger partial charge in [0.05, 0.1) is 0 Å². The van der Waals surface area contributed by atoms with Crippen LogP contribution in [0.3, 0.4) is 0 Å². The largest absolute Gasteiger partial charge is 0.0654 e. The minimum atomic E-state index is 0.580. The standard InChI is InChI=1S/C23H48/c1-6-7-8-9-10-11-12-13-14-15-17-20-23(4,5)21-18-16-19-22(2)3/h22H,6-21H2,1-5H3. The topological polar surface area (TPSA) is 0 Å². The quantitative estimate of drug-likeness (QED) is 0.234. The lowest BCUT2D eigenvalue weighted by molar-refractivity contribution is 0.280. The summed E-state index contributed by atoms with van der Waals surface area (Å²) < 4.78 is 0. The highest BCUT2D eigenvalue weighted by Gasteiger charge is 2.16. The van der Waals surface area contributed by atoms with E-state index in [4.69, 9.17) is 0 Å². The van der Waals surface area contributed by atoms with Gasteiger partial charge < -0.3 is 0 Å². The zero-order valence-electron chi connectivity index (χ0n) is 17.4. The van der Waals surface area contributed by atoms with Crippen molar-refractivity contribution in [1.29, 1.82) is 0 Å². The highest BCUT2D eigenvalue weighted by atomic mass is 14.2. The minimum Gasteiger partial charge on any atom is -0.0654 e. The Kier molecular flexibility index (Phi) is 15.5. The highest BCUT2D eigenvalue weighted by Crippen LogP contribution is 2.30. The number of unbranched alkanes of at least 4 members (excludes halogenated alkanes) is 11. The van der Waals surface area contributed by atoms with Crippen molar-refractivity contribution in [3.05, 3.63) is 0 Å². The molecular formula is C23H48. The zero-order valence-corrected chi connectivity index (χ0v) is 17.4. The Labute approximate surface area is 149 Å². The van der Waals surface area contributed by atoms with Crippen LogP contribution in [0.4, 0.5) is 0 Å². The third-order valence-electron chi connectivity index (χ3n) is 5.34. The molecule has 140 valence electrons. The summed E-state index contributed by atoms with van der Waals surface area (Å²) >= 11 is 0. The Morgan fingerprint density at radius 1 is 0.565 bits per heavy atom. The molecule has 0 heteroatoms. The molecule has 0 amide bonds. The first-order valence-electron chi connectivity index (χ1n) is 11.0. The average molecular weight is 325 g/mol. The average Bonchev–Trinajstić information content (AvgIpc) is 2.49. The smallest absolute Gasteiger partial charge is 0.0354 e. The SMILES string of the molecule is CCCCCCCCCCCCCC(C)(C)CCCCC(C)C. The van der Waals surface area contributed by atoms with Crippen LogP contribution >= 0.6 is 0 Å². The zero-order chi connectivity index (χ0) is 17.4. The molecule has 0 aliphatic carbocycles. The van der Waals surface area contributed by atoms with Crippen molar-refractivity contribution >= 4 is 0 Å². The molecule has 0 aromatic carbocycles. The van der Waals surface area contributed by atoms with Gasteiger partial charge >= 0.3 is 0 Å². The fourth-order valence-corrected chi connectivity index (χ4v) is 3.55. The van der Waals surface area contributed by atoms with Gasteiger partial charge in [0.2, 0.25) is 0 Å². The van der Waals surface area contributed by atoms with Crippen molar-refractivity contribution in [2.24, 2.45) is 11.3 Å². The van der Waals surface area contributed by atoms with Crippen LogP contribution in [0.1, 0.15) is 137 Å². The molecule has 0 nitrogen and oxygen atoms in total. The molecule has 0 saturated carbocycles. The minimum absolute atomic E-state index is 0.580. The van der Waals surface area contributed by atoms with Gasteiger partial charge in [-0.25, -0.2) is 0 Å². The van der Waals surface area contributed by atoms with Crippen LogP contribution in [0, 0.1) is 11.3 Å².